The molecule has 2 heterocycles. The number of aromatic nitrogens is 4. The molecule has 4 rings (SSSR count). The van der Waals surface area contributed by atoms with E-state index in [-0.39, 0.29) is 11.4 Å². The molecule has 2 aromatic carbocycles. The molecule has 0 spiro atoms. The van der Waals surface area contributed by atoms with E-state index in [2.05, 4.69) is 20.5 Å². The fourth-order valence-corrected chi connectivity index (χ4v) is 4.00. The molecule has 0 radical (unpaired) electrons. The summed E-state index contributed by atoms with van der Waals surface area (Å²) in [5, 5.41) is 11.6. The molecule has 0 atom stereocenters. The Morgan fingerprint density at radius 3 is 2.47 bits per heavy atom. The first-order valence-corrected chi connectivity index (χ1v) is 11.2. The standard InChI is InChI=1S/C24H20F3N5OS/c1-15-6-7-20(12-16(15)2)32-22(17-8-10-28-11-9-17)30-31-23(32)34-14-21(33)29-19-5-3-4-18(13-19)24(25,26)27/h3-13H,14H2,1-2H3,(H,29,33). The largest absolute Gasteiger partial charge is 0.416 e. The molecule has 4 aromatic rings. The van der Waals surface area contributed by atoms with Crippen LogP contribution in [0.5, 0.6) is 0 Å². The molecule has 0 aliphatic rings. The molecule has 2 aromatic heterocycles. The molecule has 0 saturated carbocycles. The Balaban J connectivity index is 1.58. The quantitative estimate of drug-likeness (QED) is 0.357. The van der Waals surface area contributed by atoms with Gasteiger partial charge in [-0.15, -0.1) is 10.2 Å². The average molecular weight is 484 g/mol. The van der Waals surface area contributed by atoms with E-state index in [9.17, 15) is 18.0 Å². The third-order valence-corrected chi connectivity index (χ3v) is 6.06. The lowest BCUT2D eigenvalue weighted by Gasteiger charge is -2.12. The van der Waals surface area contributed by atoms with Gasteiger partial charge in [0.1, 0.15) is 0 Å². The highest BCUT2D eigenvalue weighted by atomic mass is 32.2. The Kier molecular flexibility index (Phi) is 6.69. The van der Waals surface area contributed by atoms with E-state index in [0.717, 1.165) is 46.3 Å². The molecule has 0 unspecified atom stereocenters. The predicted octanol–water partition coefficient (Wildman–Crippen LogP) is 5.70. The first-order valence-electron chi connectivity index (χ1n) is 10.3. The summed E-state index contributed by atoms with van der Waals surface area (Å²) in [6.07, 6.45) is -1.17. The minimum Gasteiger partial charge on any atom is -0.325 e. The van der Waals surface area contributed by atoms with Crippen molar-refractivity contribution in [3.05, 3.63) is 83.7 Å². The second kappa shape index (κ2) is 9.68. The van der Waals surface area contributed by atoms with E-state index in [1.807, 2.05) is 48.7 Å². The van der Waals surface area contributed by atoms with Crippen molar-refractivity contribution in [1.29, 1.82) is 0 Å². The average Bonchev–Trinajstić information content (AvgIpc) is 3.24. The molecule has 34 heavy (non-hydrogen) atoms. The summed E-state index contributed by atoms with van der Waals surface area (Å²) in [6.45, 7) is 4.02. The number of nitrogens with zero attached hydrogens (tertiary/aromatic N) is 4. The number of amides is 1. The van der Waals surface area contributed by atoms with Crippen LogP contribution >= 0.6 is 11.8 Å². The highest BCUT2D eigenvalue weighted by Gasteiger charge is 2.30. The van der Waals surface area contributed by atoms with Crippen molar-refractivity contribution in [3.8, 4) is 17.1 Å². The van der Waals surface area contributed by atoms with Gasteiger partial charge >= 0.3 is 6.18 Å². The van der Waals surface area contributed by atoms with Crippen LogP contribution in [0.4, 0.5) is 18.9 Å². The fourth-order valence-electron chi connectivity index (χ4n) is 3.25. The third kappa shape index (κ3) is 5.28. The smallest absolute Gasteiger partial charge is 0.325 e. The lowest BCUT2D eigenvalue weighted by Crippen LogP contribution is -2.15. The van der Waals surface area contributed by atoms with Gasteiger partial charge in [0.15, 0.2) is 11.0 Å². The summed E-state index contributed by atoms with van der Waals surface area (Å²) in [6, 6.07) is 14.1. The molecule has 0 aliphatic heterocycles. The van der Waals surface area contributed by atoms with Gasteiger partial charge in [-0.25, -0.2) is 0 Å². The molecule has 174 valence electrons. The number of benzene rings is 2. The summed E-state index contributed by atoms with van der Waals surface area (Å²) in [5.41, 5.74) is 3.12. The van der Waals surface area contributed by atoms with Crippen LogP contribution in [0.15, 0.2) is 72.1 Å². The first-order chi connectivity index (χ1) is 16.2. The van der Waals surface area contributed by atoms with E-state index in [1.165, 1.54) is 12.1 Å². The number of hydrogen-bond donors (Lipinski definition) is 1. The normalized spacial score (nSPS) is 11.4. The van der Waals surface area contributed by atoms with Gasteiger partial charge in [0.05, 0.1) is 17.0 Å². The number of anilines is 1. The number of halogens is 3. The monoisotopic (exact) mass is 483 g/mol. The minimum atomic E-state index is -4.48. The van der Waals surface area contributed by atoms with Crippen LogP contribution < -0.4 is 5.32 Å². The van der Waals surface area contributed by atoms with Gasteiger partial charge < -0.3 is 5.32 Å². The molecule has 1 N–H and O–H groups in total. The lowest BCUT2D eigenvalue weighted by atomic mass is 10.1. The zero-order chi connectivity index (χ0) is 24.3. The zero-order valence-electron chi connectivity index (χ0n) is 18.3. The van der Waals surface area contributed by atoms with E-state index in [0.29, 0.717) is 11.0 Å². The van der Waals surface area contributed by atoms with Crippen LogP contribution in [0.25, 0.3) is 17.1 Å². The van der Waals surface area contributed by atoms with Gasteiger partial charge in [0.2, 0.25) is 5.91 Å². The molecular formula is C24H20F3N5OS. The van der Waals surface area contributed by atoms with E-state index in [4.69, 9.17) is 0 Å². The van der Waals surface area contributed by atoms with Crippen LogP contribution in [-0.4, -0.2) is 31.4 Å². The van der Waals surface area contributed by atoms with Crippen molar-refractivity contribution in [2.45, 2.75) is 25.2 Å². The number of nitrogens with one attached hydrogen (secondary N) is 1. The van der Waals surface area contributed by atoms with Crippen LogP contribution in [-0.2, 0) is 11.0 Å². The highest BCUT2D eigenvalue weighted by molar-refractivity contribution is 7.99. The number of carbonyl (C=O) groups is 1. The van der Waals surface area contributed by atoms with E-state index < -0.39 is 17.6 Å². The van der Waals surface area contributed by atoms with Crippen LogP contribution in [0.3, 0.4) is 0 Å². The molecule has 0 saturated heterocycles. The van der Waals surface area contributed by atoms with Crippen LogP contribution in [0.2, 0.25) is 0 Å². The van der Waals surface area contributed by atoms with Gasteiger partial charge in [-0.2, -0.15) is 13.2 Å². The molecular weight excluding hydrogens is 463 g/mol. The Bertz CT molecular complexity index is 1320. The predicted molar refractivity (Wildman–Crippen MR) is 125 cm³/mol. The first kappa shape index (κ1) is 23.5. The topological polar surface area (TPSA) is 72.7 Å². The van der Waals surface area contributed by atoms with Crippen molar-refractivity contribution >= 4 is 23.4 Å². The second-order valence-electron chi connectivity index (χ2n) is 7.56. The number of thioether (sulfide) groups is 1. The molecule has 0 aliphatic carbocycles. The maximum Gasteiger partial charge on any atom is 0.416 e. The third-order valence-electron chi connectivity index (χ3n) is 5.13. The number of aryl methyl sites for hydroxylation is 2. The van der Waals surface area contributed by atoms with E-state index in [1.54, 1.807) is 12.4 Å². The van der Waals surface area contributed by atoms with Crippen LogP contribution in [0, 0.1) is 13.8 Å². The van der Waals surface area contributed by atoms with Gasteiger partial charge in [-0.05, 0) is 67.4 Å². The van der Waals surface area contributed by atoms with E-state index >= 15 is 0 Å². The second-order valence-corrected chi connectivity index (χ2v) is 8.50. The summed E-state index contributed by atoms with van der Waals surface area (Å²) in [7, 11) is 0. The maximum atomic E-state index is 12.9. The Hall–Kier alpha value is -3.66. The number of carbonyl (C=O) groups excluding carboxylic acids is 1. The maximum absolute atomic E-state index is 12.9. The van der Waals surface area contributed by atoms with Crippen LogP contribution in [0.1, 0.15) is 16.7 Å². The van der Waals surface area contributed by atoms with Crippen molar-refractivity contribution in [3.63, 3.8) is 0 Å². The van der Waals surface area contributed by atoms with Gasteiger partial charge in [-0.3, -0.25) is 14.3 Å². The summed E-state index contributed by atoms with van der Waals surface area (Å²) in [4.78, 5) is 16.5. The number of hydrogen-bond acceptors (Lipinski definition) is 5. The Labute approximate surface area is 198 Å². The van der Waals surface area contributed by atoms with Gasteiger partial charge in [-0.1, -0.05) is 23.9 Å². The molecule has 1 amide bonds. The van der Waals surface area contributed by atoms with Crippen molar-refractivity contribution in [1.82, 2.24) is 19.7 Å². The minimum absolute atomic E-state index is 0.0600. The highest BCUT2D eigenvalue weighted by Crippen LogP contribution is 2.31. The zero-order valence-corrected chi connectivity index (χ0v) is 19.1. The number of pyridine rings is 1. The Morgan fingerprint density at radius 2 is 1.76 bits per heavy atom. The molecule has 0 fully saturated rings. The van der Waals surface area contributed by atoms with Gasteiger partial charge in [0, 0.05) is 23.6 Å². The number of alkyl halides is 3. The number of rotatable bonds is 6. The Morgan fingerprint density at radius 1 is 1.00 bits per heavy atom. The fraction of sp³-hybridized carbons (Fsp3) is 0.167. The molecule has 10 heteroatoms. The van der Waals surface area contributed by atoms with Crippen molar-refractivity contribution in [2.24, 2.45) is 0 Å². The summed E-state index contributed by atoms with van der Waals surface area (Å²) in [5.74, 6) is 0.0751. The lowest BCUT2D eigenvalue weighted by molar-refractivity contribution is -0.137. The van der Waals surface area contributed by atoms with Gasteiger partial charge in [0.25, 0.3) is 0 Å². The SMILES string of the molecule is Cc1ccc(-n2c(SCC(=O)Nc3cccc(C(F)(F)F)c3)nnc2-c2ccncc2)cc1C. The molecule has 0 bridgehead atoms. The molecule has 6 nitrogen and oxygen atoms in total. The summed E-state index contributed by atoms with van der Waals surface area (Å²) < 4.78 is 40.7. The van der Waals surface area contributed by atoms with Crippen molar-refractivity contribution < 1.29 is 18.0 Å². The van der Waals surface area contributed by atoms with Crippen molar-refractivity contribution in [2.75, 3.05) is 11.1 Å². The summed E-state index contributed by atoms with van der Waals surface area (Å²) >= 11 is 1.14.